The summed E-state index contributed by atoms with van der Waals surface area (Å²) in [6.45, 7) is 0. The second kappa shape index (κ2) is 4.41. The number of carbonyl (C=O) groups excluding carboxylic acids is 1. The molecule has 0 saturated carbocycles. The third-order valence-electron chi connectivity index (χ3n) is 2.07. The lowest BCUT2D eigenvalue weighted by Gasteiger charge is -2.00. The van der Waals surface area contributed by atoms with E-state index < -0.39 is 0 Å². The average molecular weight is 260 g/mol. The van der Waals surface area contributed by atoms with Gasteiger partial charge in [-0.3, -0.25) is 4.79 Å². The highest BCUT2D eigenvalue weighted by atomic mass is 79.9. The molecule has 0 atom stereocenters. The molecule has 0 aliphatic rings. The van der Waals surface area contributed by atoms with Gasteiger partial charge in [-0.05, 0) is 18.2 Å². The molecule has 0 aliphatic carbocycles. The molecule has 73 valence electrons. The number of carbonyl (C=O) groups is 1. The molecular weight excluding hydrogens is 252 g/mol. The fourth-order valence-electron chi connectivity index (χ4n) is 1.33. The molecule has 0 spiro atoms. The predicted octanol–water partition coefficient (Wildman–Crippen LogP) is 3.48. The molecule has 0 aromatic heterocycles. The first-order chi connectivity index (χ1) is 7.27. The summed E-state index contributed by atoms with van der Waals surface area (Å²) >= 11 is 3.34. The number of ketones is 1. The van der Waals surface area contributed by atoms with Crippen LogP contribution >= 0.6 is 15.9 Å². The number of benzene rings is 2. The first-order valence-electron chi connectivity index (χ1n) is 4.54. The zero-order valence-electron chi connectivity index (χ0n) is 7.91. The summed E-state index contributed by atoms with van der Waals surface area (Å²) in [5.74, 6) is 0.0327. The van der Waals surface area contributed by atoms with Gasteiger partial charge in [-0.1, -0.05) is 52.3 Å². The van der Waals surface area contributed by atoms with E-state index in [1.54, 1.807) is 24.3 Å². The molecule has 0 saturated heterocycles. The van der Waals surface area contributed by atoms with Crippen LogP contribution in [0.5, 0.6) is 0 Å². The van der Waals surface area contributed by atoms with Gasteiger partial charge in [0.15, 0.2) is 5.78 Å². The minimum absolute atomic E-state index is 0.0327. The molecule has 0 unspecified atom stereocenters. The maximum atomic E-state index is 12.0. The molecule has 0 bridgehead atoms. The van der Waals surface area contributed by atoms with E-state index in [1.165, 1.54) is 0 Å². The highest BCUT2D eigenvalue weighted by Crippen LogP contribution is 2.15. The number of hydrogen-bond acceptors (Lipinski definition) is 1. The van der Waals surface area contributed by atoms with Gasteiger partial charge in [0.1, 0.15) is 0 Å². The van der Waals surface area contributed by atoms with Crippen molar-refractivity contribution in [3.63, 3.8) is 0 Å². The maximum absolute atomic E-state index is 12.0. The normalized spacial score (nSPS) is 9.93. The van der Waals surface area contributed by atoms with Crippen molar-refractivity contribution < 1.29 is 4.79 Å². The smallest absolute Gasteiger partial charge is 0.193 e. The van der Waals surface area contributed by atoms with Crippen LogP contribution in [0.4, 0.5) is 0 Å². The molecule has 2 aromatic carbocycles. The van der Waals surface area contributed by atoms with E-state index in [1.807, 2.05) is 24.3 Å². The summed E-state index contributed by atoms with van der Waals surface area (Å²) in [5, 5.41) is 0. The number of hydrogen-bond donors (Lipinski definition) is 0. The van der Waals surface area contributed by atoms with Crippen molar-refractivity contribution in [2.24, 2.45) is 0 Å². The lowest BCUT2D eigenvalue weighted by molar-refractivity contribution is 0.103. The Bertz CT molecular complexity index is 477. The van der Waals surface area contributed by atoms with Crippen LogP contribution in [0.15, 0.2) is 53.0 Å². The second-order valence-corrected chi connectivity index (χ2v) is 4.04. The summed E-state index contributed by atoms with van der Waals surface area (Å²) in [6.07, 6.45) is 0. The van der Waals surface area contributed by atoms with E-state index in [-0.39, 0.29) is 5.78 Å². The van der Waals surface area contributed by atoms with E-state index >= 15 is 0 Å². The van der Waals surface area contributed by atoms with Crippen molar-refractivity contribution in [1.29, 1.82) is 0 Å². The minimum Gasteiger partial charge on any atom is -0.289 e. The molecule has 0 fully saturated rings. The second-order valence-electron chi connectivity index (χ2n) is 3.13. The monoisotopic (exact) mass is 259 g/mol. The maximum Gasteiger partial charge on any atom is 0.193 e. The van der Waals surface area contributed by atoms with Gasteiger partial charge in [0.05, 0.1) is 0 Å². The lowest BCUT2D eigenvalue weighted by Crippen LogP contribution is -2.00. The topological polar surface area (TPSA) is 17.1 Å². The Morgan fingerprint density at radius 2 is 1.80 bits per heavy atom. The van der Waals surface area contributed by atoms with Crippen LogP contribution in [-0.2, 0) is 0 Å². The SMILES string of the molecule is O=C(c1cc[c]cc1)c1cccc(Br)c1. The minimum atomic E-state index is 0.0327. The number of rotatable bonds is 2. The van der Waals surface area contributed by atoms with Crippen LogP contribution in [0.2, 0.25) is 0 Å². The fourth-order valence-corrected chi connectivity index (χ4v) is 1.73. The van der Waals surface area contributed by atoms with E-state index in [2.05, 4.69) is 22.0 Å². The van der Waals surface area contributed by atoms with Crippen LogP contribution < -0.4 is 0 Å². The van der Waals surface area contributed by atoms with E-state index in [4.69, 9.17) is 0 Å². The van der Waals surface area contributed by atoms with Gasteiger partial charge in [0.25, 0.3) is 0 Å². The Labute approximate surface area is 96.9 Å². The third-order valence-corrected chi connectivity index (χ3v) is 2.56. The highest BCUT2D eigenvalue weighted by molar-refractivity contribution is 9.10. The molecule has 15 heavy (non-hydrogen) atoms. The van der Waals surface area contributed by atoms with Gasteiger partial charge in [-0.15, -0.1) is 0 Å². The van der Waals surface area contributed by atoms with Crippen molar-refractivity contribution in [3.05, 3.63) is 70.2 Å². The summed E-state index contributed by atoms with van der Waals surface area (Å²) in [4.78, 5) is 12.0. The van der Waals surface area contributed by atoms with E-state index in [0.29, 0.717) is 11.1 Å². The zero-order valence-corrected chi connectivity index (χ0v) is 9.49. The first-order valence-corrected chi connectivity index (χ1v) is 5.33. The Kier molecular flexibility index (Phi) is 2.97. The Balaban J connectivity index is 2.37. The summed E-state index contributed by atoms with van der Waals surface area (Å²) in [6, 6.07) is 17.3. The summed E-state index contributed by atoms with van der Waals surface area (Å²) < 4.78 is 0.913. The van der Waals surface area contributed by atoms with Gasteiger partial charge < -0.3 is 0 Å². The quantitative estimate of drug-likeness (QED) is 0.755. The van der Waals surface area contributed by atoms with Crippen molar-refractivity contribution >= 4 is 21.7 Å². The Morgan fingerprint density at radius 3 is 2.47 bits per heavy atom. The molecule has 0 N–H and O–H groups in total. The number of halogens is 1. The van der Waals surface area contributed by atoms with Crippen LogP contribution in [0.3, 0.4) is 0 Å². The van der Waals surface area contributed by atoms with Gasteiger partial charge in [0.2, 0.25) is 0 Å². The average Bonchev–Trinajstić information content (AvgIpc) is 2.29. The molecule has 0 heterocycles. The Hall–Kier alpha value is -1.41. The van der Waals surface area contributed by atoms with Crippen molar-refractivity contribution in [1.82, 2.24) is 0 Å². The standard InChI is InChI=1S/C13H8BrO/c14-12-8-4-7-11(9-12)13(15)10-5-2-1-3-6-10/h2-9H. The molecule has 2 heteroatoms. The van der Waals surface area contributed by atoms with Crippen LogP contribution in [0.1, 0.15) is 15.9 Å². The summed E-state index contributed by atoms with van der Waals surface area (Å²) in [7, 11) is 0. The van der Waals surface area contributed by atoms with Crippen molar-refractivity contribution in [3.8, 4) is 0 Å². The lowest BCUT2D eigenvalue weighted by atomic mass is 10.0. The van der Waals surface area contributed by atoms with Crippen molar-refractivity contribution in [2.45, 2.75) is 0 Å². The highest BCUT2D eigenvalue weighted by Gasteiger charge is 2.07. The largest absolute Gasteiger partial charge is 0.289 e. The zero-order chi connectivity index (χ0) is 10.7. The third kappa shape index (κ3) is 2.34. The molecule has 0 amide bonds. The van der Waals surface area contributed by atoms with Gasteiger partial charge in [-0.25, -0.2) is 0 Å². The first kappa shape index (κ1) is 10.1. The molecule has 2 aromatic rings. The fraction of sp³-hybridized carbons (Fsp3) is 0. The van der Waals surface area contributed by atoms with E-state index in [9.17, 15) is 4.79 Å². The Morgan fingerprint density at radius 1 is 1.07 bits per heavy atom. The predicted molar refractivity (Wildman–Crippen MR) is 62.9 cm³/mol. The molecular formula is C13H8BrO. The van der Waals surface area contributed by atoms with Crippen LogP contribution in [0, 0.1) is 6.07 Å². The van der Waals surface area contributed by atoms with Crippen molar-refractivity contribution in [2.75, 3.05) is 0 Å². The van der Waals surface area contributed by atoms with Gasteiger partial charge >= 0.3 is 0 Å². The molecule has 1 nitrogen and oxygen atoms in total. The molecule has 2 rings (SSSR count). The molecule has 1 radical (unpaired) electrons. The summed E-state index contributed by atoms with van der Waals surface area (Å²) in [5.41, 5.74) is 1.38. The van der Waals surface area contributed by atoms with E-state index in [0.717, 1.165) is 4.47 Å². The van der Waals surface area contributed by atoms with Gasteiger partial charge in [0, 0.05) is 15.6 Å². The molecule has 0 aliphatic heterocycles. The van der Waals surface area contributed by atoms with Crippen LogP contribution in [-0.4, -0.2) is 5.78 Å². The van der Waals surface area contributed by atoms with Gasteiger partial charge in [-0.2, -0.15) is 0 Å². The van der Waals surface area contributed by atoms with Crippen LogP contribution in [0.25, 0.3) is 0 Å².